The average molecular weight is 400 g/mol. The van der Waals surface area contributed by atoms with Crippen LogP contribution in [0.15, 0.2) is 24.3 Å². The van der Waals surface area contributed by atoms with Gasteiger partial charge in [-0.2, -0.15) is 0 Å². The van der Waals surface area contributed by atoms with E-state index in [0.29, 0.717) is 38.5 Å². The summed E-state index contributed by atoms with van der Waals surface area (Å²) in [5.41, 5.74) is 0.750. The lowest BCUT2D eigenvalue weighted by atomic mass is 10.1. The molecule has 2 amide bonds. The van der Waals surface area contributed by atoms with E-state index >= 15 is 0 Å². The summed E-state index contributed by atoms with van der Waals surface area (Å²) in [6, 6.07) is 7.62. The van der Waals surface area contributed by atoms with Gasteiger partial charge in [0.05, 0.1) is 5.56 Å². The first kappa shape index (κ1) is 16.3. The van der Waals surface area contributed by atoms with Crippen molar-refractivity contribution in [2.24, 2.45) is 5.92 Å². The average Bonchev–Trinajstić information content (AvgIpc) is 2.46. The fourth-order valence-electron chi connectivity index (χ4n) is 2.44. The van der Waals surface area contributed by atoms with Gasteiger partial charge in [-0.15, -0.1) is 0 Å². The molecule has 0 bridgehead atoms. The third-order valence-electron chi connectivity index (χ3n) is 3.61. The Balaban J connectivity index is 1.94. The number of amides is 2. The van der Waals surface area contributed by atoms with Crippen LogP contribution in [-0.4, -0.2) is 47.8 Å². The maximum atomic E-state index is 12.5. The van der Waals surface area contributed by atoms with Crippen molar-refractivity contribution in [3.8, 4) is 0 Å². The van der Waals surface area contributed by atoms with Crippen molar-refractivity contribution in [2.45, 2.75) is 20.3 Å². The summed E-state index contributed by atoms with van der Waals surface area (Å²) in [7, 11) is 0. The molecule has 0 unspecified atom stereocenters. The van der Waals surface area contributed by atoms with Gasteiger partial charge in [-0.3, -0.25) is 9.59 Å². The molecule has 114 valence electrons. The van der Waals surface area contributed by atoms with Gasteiger partial charge in [0.2, 0.25) is 5.91 Å². The Morgan fingerprint density at radius 3 is 2.24 bits per heavy atom. The van der Waals surface area contributed by atoms with Crippen LogP contribution in [0.25, 0.3) is 0 Å². The molecule has 0 N–H and O–H groups in total. The minimum absolute atomic E-state index is 0.0657. The molecule has 1 heterocycles. The maximum Gasteiger partial charge on any atom is 0.255 e. The van der Waals surface area contributed by atoms with E-state index < -0.39 is 0 Å². The topological polar surface area (TPSA) is 40.6 Å². The number of carbonyl (C=O) groups is 2. The standard InChI is InChI=1S/C16H21IN2O2/c1-12(2)11-15(20)18-7-9-19(10-8-18)16(21)13-5-3-4-6-14(13)17/h3-6,12H,7-11H2,1-2H3. The number of carbonyl (C=O) groups excluding carboxylic acids is 2. The zero-order valence-corrected chi connectivity index (χ0v) is 14.7. The highest BCUT2D eigenvalue weighted by molar-refractivity contribution is 14.1. The largest absolute Gasteiger partial charge is 0.339 e. The molecule has 21 heavy (non-hydrogen) atoms. The van der Waals surface area contributed by atoms with Crippen molar-refractivity contribution in [3.05, 3.63) is 33.4 Å². The number of hydrogen-bond donors (Lipinski definition) is 0. The molecular formula is C16H21IN2O2. The Kier molecular flexibility index (Phi) is 5.61. The molecule has 1 saturated heterocycles. The highest BCUT2D eigenvalue weighted by atomic mass is 127. The first-order valence-electron chi connectivity index (χ1n) is 7.30. The van der Waals surface area contributed by atoms with E-state index in [9.17, 15) is 9.59 Å². The predicted octanol–water partition coefficient (Wildman–Crippen LogP) is 2.62. The molecule has 2 rings (SSSR count). The molecule has 0 atom stereocenters. The Bertz CT molecular complexity index is 523. The zero-order valence-electron chi connectivity index (χ0n) is 12.5. The smallest absolute Gasteiger partial charge is 0.255 e. The summed E-state index contributed by atoms with van der Waals surface area (Å²) >= 11 is 2.19. The van der Waals surface area contributed by atoms with E-state index in [1.807, 2.05) is 34.1 Å². The number of hydrogen-bond acceptors (Lipinski definition) is 2. The minimum atomic E-state index is 0.0657. The third kappa shape index (κ3) is 4.18. The Morgan fingerprint density at radius 2 is 1.67 bits per heavy atom. The van der Waals surface area contributed by atoms with E-state index in [2.05, 4.69) is 36.4 Å². The Morgan fingerprint density at radius 1 is 1.10 bits per heavy atom. The van der Waals surface area contributed by atoms with E-state index in [0.717, 1.165) is 9.13 Å². The van der Waals surface area contributed by atoms with Gasteiger partial charge < -0.3 is 9.80 Å². The van der Waals surface area contributed by atoms with E-state index in [1.54, 1.807) is 0 Å². The second-order valence-electron chi connectivity index (χ2n) is 5.75. The first-order chi connectivity index (χ1) is 9.99. The third-order valence-corrected chi connectivity index (χ3v) is 4.55. The van der Waals surface area contributed by atoms with Crippen LogP contribution in [0.1, 0.15) is 30.6 Å². The van der Waals surface area contributed by atoms with Gasteiger partial charge in [0.15, 0.2) is 0 Å². The van der Waals surface area contributed by atoms with Crippen molar-refractivity contribution >= 4 is 34.4 Å². The predicted molar refractivity (Wildman–Crippen MR) is 91.1 cm³/mol. The van der Waals surface area contributed by atoms with Gasteiger partial charge in [0.1, 0.15) is 0 Å². The molecule has 1 aliphatic heterocycles. The Labute approximate surface area is 139 Å². The van der Waals surface area contributed by atoms with Gasteiger partial charge in [0.25, 0.3) is 5.91 Å². The lowest BCUT2D eigenvalue weighted by Crippen LogP contribution is -2.50. The van der Waals surface area contributed by atoms with Crippen molar-refractivity contribution in [1.82, 2.24) is 9.80 Å². The molecule has 0 spiro atoms. The summed E-state index contributed by atoms with van der Waals surface area (Å²) in [5, 5.41) is 0. The molecule has 1 fully saturated rings. The van der Waals surface area contributed by atoms with Crippen molar-refractivity contribution < 1.29 is 9.59 Å². The van der Waals surface area contributed by atoms with Crippen LogP contribution in [0.3, 0.4) is 0 Å². The fraction of sp³-hybridized carbons (Fsp3) is 0.500. The molecule has 0 aromatic heterocycles. The highest BCUT2D eigenvalue weighted by Crippen LogP contribution is 2.16. The van der Waals surface area contributed by atoms with Crippen LogP contribution < -0.4 is 0 Å². The summed E-state index contributed by atoms with van der Waals surface area (Å²) in [5.74, 6) is 0.644. The normalized spacial score (nSPS) is 15.4. The van der Waals surface area contributed by atoms with Crippen LogP contribution in [0, 0.1) is 9.49 Å². The van der Waals surface area contributed by atoms with Crippen LogP contribution in [-0.2, 0) is 4.79 Å². The molecule has 1 aliphatic rings. The minimum Gasteiger partial charge on any atom is -0.339 e. The zero-order chi connectivity index (χ0) is 15.4. The molecule has 0 aliphatic carbocycles. The van der Waals surface area contributed by atoms with Gasteiger partial charge in [-0.1, -0.05) is 26.0 Å². The van der Waals surface area contributed by atoms with Crippen LogP contribution in [0.2, 0.25) is 0 Å². The summed E-state index contributed by atoms with van der Waals surface area (Å²) in [6.45, 7) is 6.62. The van der Waals surface area contributed by atoms with Crippen LogP contribution >= 0.6 is 22.6 Å². The molecule has 4 nitrogen and oxygen atoms in total. The van der Waals surface area contributed by atoms with E-state index in [-0.39, 0.29) is 11.8 Å². The van der Waals surface area contributed by atoms with Gasteiger partial charge >= 0.3 is 0 Å². The van der Waals surface area contributed by atoms with Gasteiger partial charge in [0, 0.05) is 36.2 Å². The monoisotopic (exact) mass is 400 g/mol. The molecule has 0 radical (unpaired) electrons. The molecular weight excluding hydrogens is 379 g/mol. The van der Waals surface area contributed by atoms with Crippen molar-refractivity contribution in [1.29, 1.82) is 0 Å². The molecule has 1 aromatic rings. The van der Waals surface area contributed by atoms with Crippen LogP contribution in [0.4, 0.5) is 0 Å². The lowest BCUT2D eigenvalue weighted by molar-refractivity contribution is -0.133. The first-order valence-corrected chi connectivity index (χ1v) is 8.38. The molecule has 5 heteroatoms. The fourth-order valence-corrected chi connectivity index (χ4v) is 3.06. The number of nitrogens with zero attached hydrogens (tertiary/aromatic N) is 2. The van der Waals surface area contributed by atoms with Crippen molar-refractivity contribution in [2.75, 3.05) is 26.2 Å². The quantitative estimate of drug-likeness (QED) is 0.733. The van der Waals surface area contributed by atoms with Gasteiger partial charge in [-0.05, 0) is 40.6 Å². The van der Waals surface area contributed by atoms with Crippen LogP contribution in [0.5, 0.6) is 0 Å². The second kappa shape index (κ2) is 7.24. The van der Waals surface area contributed by atoms with Gasteiger partial charge in [-0.25, -0.2) is 0 Å². The van der Waals surface area contributed by atoms with E-state index in [1.165, 1.54) is 0 Å². The van der Waals surface area contributed by atoms with E-state index in [4.69, 9.17) is 0 Å². The number of benzene rings is 1. The molecule has 0 saturated carbocycles. The number of rotatable bonds is 3. The second-order valence-corrected chi connectivity index (χ2v) is 6.91. The molecule has 1 aromatic carbocycles. The highest BCUT2D eigenvalue weighted by Gasteiger charge is 2.25. The maximum absolute atomic E-state index is 12.5. The summed E-state index contributed by atoms with van der Waals surface area (Å²) < 4.78 is 0.971. The number of halogens is 1. The number of piperazine rings is 1. The Hall–Kier alpha value is -1.11. The summed E-state index contributed by atoms with van der Waals surface area (Å²) in [6.07, 6.45) is 0.588. The van der Waals surface area contributed by atoms with Crippen molar-refractivity contribution in [3.63, 3.8) is 0 Å². The SMILES string of the molecule is CC(C)CC(=O)N1CCN(C(=O)c2ccccc2I)CC1. The summed E-state index contributed by atoms with van der Waals surface area (Å²) in [4.78, 5) is 28.2. The lowest BCUT2D eigenvalue weighted by Gasteiger charge is -2.35.